The van der Waals surface area contributed by atoms with Crippen LogP contribution in [0.15, 0.2) is 77.8 Å². The molecule has 2 amide bonds. The summed E-state index contributed by atoms with van der Waals surface area (Å²) in [6.45, 7) is 6.38. The molecule has 2 aromatic carbocycles. The molecule has 5 nitrogen and oxygen atoms in total. The van der Waals surface area contributed by atoms with E-state index in [1.807, 2.05) is 43.3 Å². The number of anilines is 3. The van der Waals surface area contributed by atoms with Gasteiger partial charge in [0.05, 0.1) is 6.54 Å². The Hall–Kier alpha value is -3.34. The summed E-state index contributed by atoms with van der Waals surface area (Å²) < 4.78 is 0. The molecule has 0 radical (unpaired) electrons. The summed E-state index contributed by atoms with van der Waals surface area (Å²) >= 11 is 0. The fraction of sp³-hybridized carbons (Fsp3) is 0.182. The number of nitrogens with one attached hydrogen (secondary N) is 3. The van der Waals surface area contributed by atoms with Gasteiger partial charge in [0.15, 0.2) is 0 Å². The molecule has 3 N–H and O–H groups in total. The molecule has 0 fully saturated rings. The van der Waals surface area contributed by atoms with Gasteiger partial charge in [0.2, 0.25) is 0 Å². The van der Waals surface area contributed by atoms with Crippen LogP contribution < -0.4 is 16.0 Å². The molecule has 2 aromatic rings. The molecular formula is C22H24N4O. The SMILES string of the molecule is C=CCCc1ccc(Nc2ccc(NC(=O)NC3=NCC(C)=C3)cc2)cc1. The standard InChI is InChI=1S/C22H24N4O/c1-3-4-5-17-6-8-18(9-7-17)24-19-10-12-20(13-11-19)25-22(27)26-21-14-16(2)15-23-21/h3,6-14,24H,1,4-5,15H2,2H3,(H2,23,25,26,27). The van der Waals surface area contributed by atoms with E-state index in [1.165, 1.54) is 5.56 Å². The monoisotopic (exact) mass is 360 g/mol. The fourth-order valence-corrected chi connectivity index (χ4v) is 2.72. The second kappa shape index (κ2) is 8.85. The lowest BCUT2D eigenvalue weighted by Gasteiger charge is -2.10. The molecule has 0 saturated heterocycles. The Morgan fingerprint density at radius 1 is 1.04 bits per heavy atom. The number of amides is 2. The van der Waals surface area contributed by atoms with E-state index in [9.17, 15) is 4.79 Å². The van der Waals surface area contributed by atoms with E-state index in [-0.39, 0.29) is 6.03 Å². The van der Waals surface area contributed by atoms with Crippen LogP contribution in [0.25, 0.3) is 0 Å². The van der Waals surface area contributed by atoms with Gasteiger partial charge in [-0.15, -0.1) is 6.58 Å². The zero-order valence-electron chi connectivity index (χ0n) is 15.5. The predicted octanol–water partition coefficient (Wildman–Crippen LogP) is 5.03. The van der Waals surface area contributed by atoms with Crippen LogP contribution in [0.3, 0.4) is 0 Å². The van der Waals surface area contributed by atoms with Crippen molar-refractivity contribution in [1.29, 1.82) is 0 Å². The maximum atomic E-state index is 12.0. The van der Waals surface area contributed by atoms with E-state index in [4.69, 9.17) is 0 Å². The zero-order valence-corrected chi connectivity index (χ0v) is 15.5. The summed E-state index contributed by atoms with van der Waals surface area (Å²) in [6.07, 6.45) is 5.79. The van der Waals surface area contributed by atoms with Gasteiger partial charge in [-0.25, -0.2) is 4.79 Å². The summed E-state index contributed by atoms with van der Waals surface area (Å²) in [7, 11) is 0. The molecule has 27 heavy (non-hydrogen) atoms. The maximum absolute atomic E-state index is 12.0. The van der Waals surface area contributed by atoms with Crippen LogP contribution in [-0.4, -0.2) is 18.4 Å². The number of rotatable bonds is 6. The van der Waals surface area contributed by atoms with Crippen molar-refractivity contribution < 1.29 is 4.79 Å². The van der Waals surface area contributed by atoms with Gasteiger partial charge in [-0.1, -0.05) is 18.2 Å². The summed E-state index contributed by atoms with van der Waals surface area (Å²) in [6, 6.07) is 15.6. The molecule has 0 aromatic heterocycles. The van der Waals surface area contributed by atoms with E-state index >= 15 is 0 Å². The molecule has 1 aliphatic rings. The summed E-state index contributed by atoms with van der Waals surface area (Å²) in [5.74, 6) is 0.597. The number of hydrogen-bond donors (Lipinski definition) is 3. The molecule has 0 bridgehead atoms. The molecule has 1 aliphatic heterocycles. The highest BCUT2D eigenvalue weighted by molar-refractivity contribution is 6.08. The van der Waals surface area contributed by atoms with E-state index in [0.717, 1.165) is 35.5 Å². The number of amidine groups is 1. The molecule has 3 rings (SSSR count). The van der Waals surface area contributed by atoms with Gasteiger partial charge >= 0.3 is 6.03 Å². The highest BCUT2D eigenvalue weighted by atomic mass is 16.2. The van der Waals surface area contributed by atoms with Gasteiger partial charge in [0.25, 0.3) is 0 Å². The van der Waals surface area contributed by atoms with Crippen LogP contribution >= 0.6 is 0 Å². The first-order valence-electron chi connectivity index (χ1n) is 8.99. The first kappa shape index (κ1) is 18.5. The third-order valence-electron chi connectivity index (χ3n) is 4.15. The van der Waals surface area contributed by atoms with Gasteiger partial charge in [-0.2, -0.15) is 0 Å². The van der Waals surface area contributed by atoms with E-state index in [2.05, 4.69) is 51.8 Å². The second-order valence-electron chi connectivity index (χ2n) is 6.50. The van der Waals surface area contributed by atoms with Gasteiger partial charge in [-0.3, -0.25) is 10.3 Å². The molecule has 138 valence electrons. The zero-order chi connectivity index (χ0) is 19.1. The van der Waals surface area contributed by atoms with Crippen LogP contribution in [0.1, 0.15) is 18.9 Å². The Morgan fingerprint density at radius 3 is 2.26 bits per heavy atom. The number of aryl methyl sites for hydroxylation is 1. The van der Waals surface area contributed by atoms with Crippen LogP contribution in [0.5, 0.6) is 0 Å². The quantitative estimate of drug-likeness (QED) is 0.633. The lowest BCUT2D eigenvalue weighted by molar-refractivity contribution is 0.256. The highest BCUT2D eigenvalue weighted by Crippen LogP contribution is 2.20. The van der Waals surface area contributed by atoms with Crippen molar-refractivity contribution in [3.8, 4) is 0 Å². The normalized spacial score (nSPS) is 12.8. The first-order chi connectivity index (χ1) is 13.1. The number of carbonyl (C=O) groups is 1. The van der Waals surface area contributed by atoms with Gasteiger partial charge in [0, 0.05) is 17.1 Å². The largest absolute Gasteiger partial charge is 0.356 e. The van der Waals surface area contributed by atoms with Crippen molar-refractivity contribution in [3.05, 3.63) is 78.4 Å². The lowest BCUT2D eigenvalue weighted by atomic mass is 10.1. The minimum Gasteiger partial charge on any atom is -0.356 e. The van der Waals surface area contributed by atoms with Crippen LogP contribution in [0.4, 0.5) is 21.9 Å². The molecule has 0 spiro atoms. The number of carbonyl (C=O) groups excluding carboxylic acids is 1. The molecule has 1 heterocycles. The minimum absolute atomic E-state index is 0.296. The number of hydrogen-bond acceptors (Lipinski definition) is 3. The average Bonchev–Trinajstić information content (AvgIpc) is 3.07. The van der Waals surface area contributed by atoms with E-state index in [0.29, 0.717) is 12.4 Å². The Morgan fingerprint density at radius 2 is 1.67 bits per heavy atom. The smallest absolute Gasteiger partial charge is 0.324 e. The third-order valence-corrected chi connectivity index (χ3v) is 4.15. The van der Waals surface area contributed by atoms with Crippen LogP contribution in [-0.2, 0) is 6.42 Å². The minimum atomic E-state index is -0.296. The highest BCUT2D eigenvalue weighted by Gasteiger charge is 2.08. The number of nitrogens with zero attached hydrogens (tertiary/aromatic N) is 1. The van der Waals surface area contributed by atoms with Crippen molar-refractivity contribution in [1.82, 2.24) is 5.32 Å². The summed E-state index contributed by atoms with van der Waals surface area (Å²) in [5, 5.41) is 8.90. The number of aliphatic imine (C=N–C) groups is 1. The molecule has 0 aliphatic carbocycles. The van der Waals surface area contributed by atoms with Gasteiger partial charge < -0.3 is 10.6 Å². The first-order valence-corrected chi connectivity index (χ1v) is 8.99. The number of benzene rings is 2. The average molecular weight is 360 g/mol. The van der Waals surface area contributed by atoms with E-state index < -0.39 is 0 Å². The molecule has 0 saturated carbocycles. The molecule has 0 unspecified atom stereocenters. The molecule has 5 heteroatoms. The van der Waals surface area contributed by atoms with Crippen molar-refractivity contribution in [2.75, 3.05) is 17.2 Å². The Labute approximate surface area is 159 Å². The fourth-order valence-electron chi connectivity index (χ4n) is 2.72. The number of allylic oxidation sites excluding steroid dienone is 1. The van der Waals surface area contributed by atoms with Crippen molar-refractivity contribution in [2.24, 2.45) is 4.99 Å². The predicted molar refractivity (Wildman–Crippen MR) is 113 cm³/mol. The molecule has 0 atom stereocenters. The van der Waals surface area contributed by atoms with Crippen LogP contribution in [0.2, 0.25) is 0 Å². The Bertz CT molecular complexity index is 864. The van der Waals surface area contributed by atoms with Crippen LogP contribution in [0, 0.1) is 0 Å². The maximum Gasteiger partial charge on any atom is 0.324 e. The summed E-state index contributed by atoms with van der Waals surface area (Å²) in [4.78, 5) is 16.2. The Balaban J connectivity index is 1.52. The second-order valence-corrected chi connectivity index (χ2v) is 6.50. The van der Waals surface area contributed by atoms with Crippen molar-refractivity contribution in [3.63, 3.8) is 0 Å². The van der Waals surface area contributed by atoms with Gasteiger partial charge in [0.1, 0.15) is 5.84 Å². The topological polar surface area (TPSA) is 65.5 Å². The lowest BCUT2D eigenvalue weighted by Crippen LogP contribution is -2.32. The van der Waals surface area contributed by atoms with Crippen molar-refractivity contribution in [2.45, 2.75) is 19.8 Å². The van der Waals surface area contributed by atoms with Gasteiger partial charge in [-0.05, 0) is 73.4 Å². The number of urea groups is 1. The van der Waals surface area contributed by atoms with E-state index in [1.54, 1.807) is 0 Å². The Kier molecular flexibility index (Phi) is 6.05. The molecular weight excluding hydrogens is 336 g/mol. The summed E-state index contributed by atoms with van der Waals surface area (Å²) in [5.41, 5.74) is 5.13. The third kappa shape index (κ3) is 5.57. The van der Waals surface area contributed by atoms with Crippen molar-refractivity contribution >= 4 is 28.9 Å².